The summed E-state index contributed by atoms with van der Waals surface area (Å²) >= 11 is 0. The lowest BCUT2D eigenvalue weighted by Crippen LogP contribution is -1.90. The summed E-state index contributed by atoms with van der Waals surface area (Å²) in [5.74, 6) is 1.70. The molecule has 0 saturated heterocycles. The first-order valence-corrected chi connectivity index (χ1v) is 4.55. The Morgan fingerprint density at radius 2 is 1.75 bits per heavy atom. The topological polar surface area (TPSA) is 83.4 Å². The van der Waals surface area contributed by atoms with Gasteiger partial charge in [-0.1, -0.05) is 5.16 Å². The highest BCUT2D eigenvalue weighted by molar-refractivity contribution is 5.61. The van der Waals surface area contributed by atoms with Crippen molar-refractivity contribution < 1.29 is 14.0 Å². The number of hydrogen-bond acceptors (Lipinski definition) is 6. The van der Waals surface area contributed by atoms with Crippen LogP contribution in [0.25, 0.3) is 11.4 Å². The Balaban J connectivity index is 2.47. The van der Waals surface area contributed by atoms with Gasteiger partial charge in [0.25, 0.3) is 0 Å². The van der Waals surface area contributed by atoms with Crippen molar-refractivity contribution in [3.63, 3.8) is 0 Å². The fraction of sp³-hybridized carbons (Fsp3) is 0.200. The zero-order valence-corrected chi connectivity index (χ0v) is 8.93. The summed E-state index contributed by atoms with van der Waals surface area (Å²) in [6.07, 6.45) is 0. The molecule has 0 fully saturated rings. The molecule has 0 atom stereocenters. The van der Waals surface area contributed by atoms with Crippen molar-refractivity contribution >= 4 is 6.01 Å². The number of nitrogens with zero attached hydrogens (tertiary/aromatic N) is 2. The first-order chi connectivity index (χ1) is 7.72. The second kappa shape index (κ2) is 4.09. The molecule has 0 bridgehead atoms. The lowest BCUT2D eigenvalue weighted by Gasteiger charge is -2.05. The Kier molecular flexibility index (Phi) is 2.63. The largest absolute Gasteiger partial charge is 0.497 e. The normalized spacial score (nSPS) is 10.1. The van der Waals surface area contributed by atoms with E-state index in [1.165, 1.54) is 0 Å². The van der Waals surface area contributed by atoms with Crippen LogP contribution in [0.15, 0.2) is 22.7 Å². The number of nitrogens with two attached hydrogens (primary N) is 1. The molecule has 1 aromatic carbocycles. The number of benzene rings is 1. The van der Waals surface area contributed by atoms with Crippen LogP contribution < -0.4 is 15.2 Å². The molecule has 0 aliphatic rings. The van der Waals surface area contributed by atoms with Crippen molar-refractivity contribution in [3.8, 4) is 22.9 Å². The third-order valence-electron chi connectivity index (χ3n) is 2.05. The van der Waals surface area contributed by atoms with Crippen LogP contribution in [0.3, 0.4) is 0 Å². The predicted octanol–water partition coefficient (Wildman–Crippen LogP) is 1.34. The van der Waals surface area contributed by atoms with Crippen molar-refractivity contribution in [2.45, 2.75) is 0 Å². The average molecular weight is 221 g/mol. The van der Waals surface area contributed by atoms with Gasteiger partial charge in [0, 0.05) is 11.6 Å². The van der Waals surface area contributed by atoms with E-state index < -0.39 is 0 Å². The monoisotopic (exact) mass is 221 g/mol. The van der Waals surface area contributed by atoms with Gasteiger partial charge >= 0.3 is 6.01 Å². The van der Waals surface area contributed by atoms with E-state index in [1.54, 1.807) is 32.4 Å². The van der Waals surface area contributed by atoms with E-state index in [9.17, 15) is 0 Å². The maximum atomic E-state index is 5.35. The molecule has 2 rings (SSSR count). The molecule has 84 valence electrons. The molecule has 0 unspecified atom stereocenters. The van der Waals surface area contributed by atoms with Crippen LogP contribution in [0.1, 0.15) is 0 Å². The predicted molar refractivity (Wildman–Crippen MR) is 57.3 cm³/mol. The van der Waals surface area contributed by atoms with Gasteiger partial charge in [-0.05, 0) is 12.1 Å². The number of aromatic nitrogens is 2. The number of methoxy groups -OCH3 is 2. The van der Waals surface area contributed by atoms with Gasteiger partial charge in [-0.2, -0.15) is 4.98 Å². The van der Waals surface area contributed by atoms with Gasteiger partial charge in [-0.25, -0.2) is 0 Å². The highest BCUT2D eigenvalue weighted by Crippen LogP contribution is 2.28. The van der Waals surface area contributed by atoms with E-state index in [2.05, 4.69) is 10.1 Å². The molecule has 6 heteroatoms. The zero-order valence-electron chi connectivity index (χ0n) is 8.93. The van der Waals surface area contributed by atoms with Gasteiger partial charge < -0.3 is 19.7 Å². The molecule has 0 aliphatic heterocycles. The van der Waals surface area contributed by atoms with E-state index in [4.69, 9.17) is 19.7 Å². The molecule has 0 spiro atoms. The van der Waals surface area contributed by atoms with Gasteiger partial charge in [0.2, 0.25) is 5.82 Å². The molecule has 6 nitrogen and oxygen atoms in total. The Morgan fingerprint density at radius 1 is 1.12 bits per heavy atom. The maximum absolute atomic E-state index is 5.35. The number of anilines is 1. The maximum Gasteiger partial charge on any atom is 0.319 e. The van der Waals surface area contributed by atoms with Crippen LogP contribution in [-0.4, -0.2) is 24.4 Å². The highest BCUT2D eigenvalue weighted by atomic mass is 16.5. The molecular formula is C10H11N3O3. The van der Waals surface area contributed by atoms with Crippen LogP contribution in [-0.2, 0) is 0 Å². The molecular weight excluding hydrogens is 210 g/mol. The number of rotatable bonds is 3. The zero-order chi connectivity index (χ0) is 11.5. The van der Waals surface area contributed by atoms with Gasteiger partial charge in [0.15, 0.2) is 0 Å². The Morgan fingerprint density at radius 3 is 2.19 bits per heavy atom. The number of hydrogen-bond donors (Lipinski definition) is 1. The summed E-state index contributed by atoms with van der Waals surface area (Å²) in [4.78, 5) is 3.92. The summed E-state index contributed by atoms with van der Waals surface area (Å²) in [5.41, 5.74) is 6.07. The average Bonchev–Trinajstić information content (AvgIpc) is 2.75. The van der Waals surface area contributed by atoms with Gasteiger partial charge in [-0.15, -0.1) is 0 Å². The van der Waals surface area contributed by atoms with Crippen LogP contribution >= 0.6 is 0 Å². The van der Waals surface area contributed by atoms with Crippen molar-refractivity contribution in [2.75, 3.05) is 20.0 Å². The van der Waals surface area contributed by atoms with E-state index in [0.29, 0.717) is 17.3 Å². The van der Waals surface area contributed by atoms with E-state index in [0.717, 1.165) is 5.56 Å². The summed E-state index contributed by atoms with van der Waals surface area (Å²) in [6.45, 7) is 0. The molecule has 2 N–H and O–H groups in total. The second-order valence-corrected chi connectivity index (χ2v) is 3.06. The van der Waals surface area contributed by atoms with Gasteiger partial charge in [0.05, 0.1) is 14.2 Å². The Labute approximate surface area is 92.0 Å². The molecule has 1 aromatic heterocycles. The summed E-state index contributed by atoms with van der Waals surface area (Å²) in [6, 6.07) is 5.32. The first kappa shape index (κ1) is 10.3. The van der Waals surface area contributed by atoms with Crippen molar-refractivity contribution in [1.29, 1.82) is 0 Å². The van der Waals surface area contributed by atoms with Crippen molar-refractivity contribution in [3.05, 3.63) is 18.2 Å². The third-order valence-corrected chi connectivity index (χ3v) is 2.05. The highest BCUT2D eigenvalue weighted by Gasteiger charge is 2.09. The minimum atomic E-state index is 0.0248. The van der Waals surface area contributed by atoms with Crippen LogP contribution in [0.4, 0.5) is 6.01 Å². The van der Waals surface area contributed by atoms with Gasteiger partial charge in [-0.3, -0.25) is 0 Å². The molecule has 1 heterocycles. The lowest BCUT2D eigenvalue weighted by atomic mass is 10.2. The second-order valence-electron chi connectivity index (χ2n) is 3.06. The quantitative estimate of drug-likeness (QED) is 0.841. The summed E-state index contributed by atoms with van der Waals surface area (Å²) < 4.78 is 15.0. The summed E-state index contributed by atoms with van der Waals surface area (Å²) in [7, 11) is 3.15. The van der Waals surface area contributed by atoms with Crippen molar-refractivity contribution in [2.24, 2.45) is 0 Å². The van der Waals surface area contributed by atoms with Crippen LogP contribution in [0.2, 0.25) is 0 Å². The first-order valence-electron chi connectivity index (χ1n) is 4.55. The van der Waals surface area contributed by atoms with Crippen LogP contribution in [0.5, 0.6) is 11.5 Å². The molecule has 0 saturated carbocycles. The lowest BCUT2D eigenvalue weighted by molar-refractivity contribution is 0.394. The molecule has 2 aromatic rings. The van der Waals surface area contributed by atoms with E-state index >= 15 is 0 Å². The molecule has 0 amide bonds. The van der Waals surface area contributed by atoms with Crippen molar-refractivity contribution in [1.82, 2.24) is 10.1 Å². The summed E-state index contributed by atoms with van der Waals surface area (Å²) in [5, 5.41) is 3.71. The number of ether oxygens (including phenoxy) is 2. The minimum Gasteiger partial charge on any atom is -0.497 e. The minimum absolute atomic E-state index is 0.0248. The fourth-order valence-electron chi connectivity index (χ4n) is 1.29. The van der Waals surface area contributed by atoms with E-state index in [-0.39, 0.29) is 6.01 Å². The van der Waals surface area contributed by atoms with Gasteiger partial charge in [0.1, 0.15) is 11.5 Å². The fourth-order valence-corrected chi connectivity index (χ4v) is 1.29. The SMILES string of the molecule is COc1cc(OC)cc(-c2noc(N)n2)c1. The third kappa shape index (κ3) is 1.90. The Hall–Kier alpha value is -2.24. The standard InChI is InChI=1S/C10H11N3O3/c1-14-7-3-6(4-8(5-7)15-2)9-12-10(11)16-13-9/h3-5H,1-2H3,(H2,11,12,13). The Bertz CT molecular complexity index is 474. The van der Waals surface area contributed by atoms with E-state index in [1.807, 2.05) is 0 Å². The molecule has 0 radical (unpaired) electrons. The number of nitrogen functional groups attached to an aromatic ring is 1. The van der Waals surface area contributed by atoms with Crippen LogP contribution in [0, 0.1) is 0 Å². The molecule has 0 aliphatic carbocycles. The molecule has 16 heavy (non-hydrogen) atoms. The smallest absolute Gasteiger partial charge is 0.319 e.